The molecule has 0 amide bonds. The number of fused-ring (bicyclic) bond motifs is 2. The Morgan fingerprint density at radius 1 is 0.486 bits per heavy atom. The van der Waals surface area contributed by atoms with Gasteiger partial charge in [-0.1, -0.05) is 24.3 Å². The molecule has 0 aliphatic carbocycles. The third kappa shape index (κ3) is 3.64. The first-order valence-electron chi connectivity index (χ1n) is 10.8. The van der Waals surface area contributed by atoms with Crippen molar-refractivity contribution in [1.82, 2.24) is 0 Å². The molecule has 5 aromatic carbocycles. The zero-order valence-corrected chi connectivity index (χ0v) is 19.2. The van der Waals surface area contributed by atoms with Crippen molar-refractivity contribution < 1.29 is 40.2 Å². The van der Waals surface area contributed by atoms with Gasteiger partial charge in [0.15, 0.2) is 23.3 Å². The number of hydrogen-bond donors (Lipinski definition) is 0. The minimum Gasteiger partial charge on any atom is -0.497 e. The van der Waals surface area contributed by atoms with Gasteiger partial charge in [-0.2, -0.15) is 0 Å². The summed E-state index contributed by atoms with van der Waals surface area (Å²) in [6, 6.07) is 10.6. The summed E-state index contributed by atoms with van der Waals surface area (Å²) in [4.78, 5) is 0. The summed E-state index contributed by atoms with van der Waals surface area (Å²) in [5.41, 5.74) is -1.83. The molecule has 0 aromatic heterocycles. The average Bonchev–Trinajstić information content (AvgIpc) is 2.90. The second-order valence-corrected chi connectivity index (χ2v) is 8.11. The quantitative estimate of drug-likeness (QED) is 0.104. The van der Waals surface area contributed by atoms with Gasteiger partial charge in [0.1, 0.15) is 29.0 Å². The first-order chi connectivity index (χ1) is 17.7. The molecule has 0 fully saturated rings. The zero-order chi connectivity index (χ0) is 26.6. The highest BCUT2D eigenvalue weighted by Crippen LogP contribution is 2.48. The van der Waals surface area contributed by atoms with E-state index in [2.05, 4.69) is 0 Å². The number of benzene rings is 5. The highest BCUT2D eigenvalue weighted by Gasteiger charge is 2.31. The van der Waals surface area contributed by atoms with E-state index in [-0.39, 0.29) is 27.6 Å². The molecule has 0 radical (unpaired) electrons. The molecule has 0 aliphatic heterocycles. The third-order valence-electron chi connectivity index (χ3n) is 6.18. The molecular weight excluding hydrogens is 501 g/mol. The molecular formula is C28H15F7O2. The van der Waals surface area contributed by atoms with E-state index < -0.39 is 62.6 Å². The molecule has 0 saturated carbocycles. The molecule has 5 aromatic rings. The maximum atomic E-state index is 15.5. The summed E-state index contributed by atoms with van der Waals surface area (Å²) in [6.45, 7) is 0. The number of ether oxygens (including phenoxy) is 2. The number of hydrogen-bond acceptors (Lipinski definition) is 2. The zero-order valence-electron chi connectivity index (χ0n) is 19.2. The Balaban J connectivity index is 2.11. The number of methoxy groups -OCH3 is 2. The molecule has 0 spiro atoms. The molecule has 9 heteroatoms. The highest BCUT2D eigenvalue weighted by atomic mass is 19.2. The fraction of sp³-hybridized carbons (Fsp3) is 0.0714. The Morgan fingerprint density at radius 3 is 1.57 bits per heavy atom. The van der Waals surface area contributed by atoms with E-state index in [0.717, 1.165) is 25.3 Å². The van der Waals surface area contributed by atoms with Crippen LogP contribution in [0.5, 0.6) is 11.5 Å². The SMILES string of the molecule is COc1ccc(-c2c3c(F)cccc3c(-c3c(F)cc(OC)cc3F)c3c(F)c(F)c(F)c(F)c23)cc1. The molecule has 5 rings (SSSR count). The van der Waals surface area contributed by atoms with E-state index in [4.69, 9.17) is 9.47 Å². The van der Waals surface area contributed by atoms with Crippen LogP contribution in [0.15, 0.2) is 54.6 Å². The lowest BCUT2D eigenvalue weighted by Crippen LogP contribution is -2.04. The van der Waals surface area contributed by atoms with Crippen molar-refractivity contribution >= 4 is 21.5 Å². The summed E-state index contributed by atoms with van der Waals surface area (Å²) in [5, 5.41) is -2.48. The fourth-order valence-electron chi connectivity index (χ4n) is 4.56. The monoisotopic (exact) mass is 516 g/mol. The van der Waals surface area contributed by atoms with Gasteiger partial charge in [0.05, 0.1) is 19.8 Å². The van der Waals surface area contributed by atoms with Crippen LogP contribution in [0.1, 0.15) is 0 Å². The van der Waals surface area contributed by atoms with Gasteiger partial charge in [-0.15, -0.1) is 0 Å². The Morgan fingerprint density at radius 2 is 1.03 bits per heavy atom. The molecule has 0 atom stereocenters. The summed E-state index contributed by atoms with van der Waals surface area (Å²) in [5.74, 6) is -11.4. The largest absolute Gasteiger partial charge is 0.497 e. The molecule has 0 bridgehead atoms. The minimum absolute atomic E-state index is 0.0902. The predicted octanol–water partition coefficient (Wildman–Crippen LogP) is 8.32. The topological polar surface area (TPSA) is 18.5 Å². The van der Waals surface area contributed by atoms with Gasteiger partial charge in [-0.25, -0.2) is 30.7 Å². The van der Waals surface area contributed by atoms with Gasteiger partial charge in [0.25, 0.3) is 0 Å². The molecule has 2 nitrogen and oxygen atoms in total. The van der Waals surface area contributed by atoms with E-state index in [1.807, 2.05) is 0 Å². The van der Waals surface area contributed by atoms with Crippen LogP contribution in [-0.2, 0) is 0 Å². The van der Waals surface area contributed by atoms with Crippen LogP contribution in [0.2, 0.25) is 0 Å². The summed E-state index contributed by atoms with van der Waals surface area (Å²) in [7, 11) is 2.55. The predicted molar refractivity (Wildman–Crippen MR) is 125 cm³/mol. The highest BCUT2D eigenvalue weighted by molar-refractivity contribution is 6.22. The van der Waals surface area contributed by atoms with E-state index >= 15 is 22.0 Å². The second-order valence-electron chi connectivity index (χ2n) is 8.11. The maximum absolute atomic E-state index is 15.5. The fourth-order valence-corrected chi connectivity index (χ4v) is 4.56. The van der Waals surface area contributed by atoms with Gasteiger partial charge >= 0.3 is 0 Å². The molecule has 0 unspecified atom stereocenters. The summed E-state index contributed by atoms with van der Waals surface area (Å²) in [6.07, 6.45) is 0. The smallest absolute Gasteiger partial charge is 0.198 e. The molecule has 0 aliphatic rings. The van der Waals surface area contributed by atoms with Crippen LogP contribution in [-0.4, -0.2) is 14.2 Å². The second kappa shape index (κ2) is 8.99. The van der Waals surface area contributed by atoms with Crippen molar-refractivity contribution in [2.75, 3.05) is 14.2 Å². The Labute approximate surface area is 205 Å². The van der Waals surface area contributed by atoms with Crippen LogP contribution in [0.3, 0.4) is 0 Å². The van der Waals surface area contributed by atoms with Crippen molar-refractivity contribution in [3.63, 3.8) is 0 Å². The van der Waals surface area contributed by atoms with E-state index in [9.17, 15) is 8.78 Å². The van der Waals surface area contributed by atoms with Crippen LogP contribution in [0, 0.1) is 40.7 Å². The van der Waals surface area contributed by atoms with Crippen molar-refractivity contribution in [2.45, 2.75) is 0 Å². The molecule has 188 valence electrons. The summed E-state index contributed by atoms with van der Waals surface area (Å²) < 4.78 is 116. The van der Waals surface area contributed by atoms with E-state index in [0.29, 0.717) is 5.75 Å². The van der Waals surface area contributed by atoms with Gasteiger partial charge < -0.3 is 9.47 Å². The Kier molecular flexibility index (Phi) is 5.94. The van der Waals surface area contributed by atoms with Gasteiger partial charge in [0, 0.05) is 39.4 Å². The van der Waals surface area contributed by atoms with Gasteiger partial charge in [-0.3, -0.25) is 0 Å². The lowest BCUT2D eigenvalue weighted by Gasteiger charge is -2.20. The van der Waals surface area contributed by atoms with Crippen LogP contribution in [0.4, 0.5) is 30.7 Å². The first kappa shape index (κ1) is 24.4. The molecule has 37 heavy (non-hydrogen) atoms. The lowest BCUT2D eigenvalue weighted by atomic mass is 9.84. The van der Waals surface area contributed by atoms with Crippen molar-refractivity contribution in [3.8, 4) is 33.8 Å². The van der Waals surface area contributed by atoms with Crippen molar-refractivity contribution in [2.24, 2.45) is 0 Å². The van der Waals surface area contributed by atoms with E-state index in [1.54, 1.807) is 0 Å². The van der Waals surface area contributed by atoms with Crippen LogP contribution in [0.25, 0.3) is 43.8 Å². The van der Waals surface area contributed by atoms with Crippen molar-refractivity contribution in [1.29, 1.82) is 0 Å². The maximum Gasteiger partial charge on any atom is 0.198 e. The van der Waals surface area contributed by atoms with Crippen LogP contribution < -0.4 is 9.47 Å². The normalized spacial score (nSPS) is 11.4. The minimum atomic E-state index is -2.18. The average molecular weight is 516 g/mol. The molecule has 0 N–H and O–H groups in total. The number of rotatable bonds is 4. The molecule has 0 saturated heterocycles. The van der Waals surface area contributed by atoms with Crippen LogP contribution >= 0.6 is 0 Å². The Hall–Kier alpha value is -4.27. The van der Waals surface area contributed by atoms with Gasteiger partial charge in [0.2, 0.25) is 0 Å². The summed E-state index contributed by atoms with van der Waals surface area (Å²) >= 11 is 0. The molecule has 0 heterocycles. The number of halogens is 7. The lowest BCUT2D eigenvalue weighted by molar-refractivity contribution is 0.407. The van der Waals surface area contributed by atoms with E-state index in [1.165, 1.54) is 43.5 Å². The Bertz CT molecular complexity index is 1690. The standard InChI is InChI=1S/C28H15F7O2/c1-36-13-8-6-12(7-9-13)19-20-15(4-3-5-16(20)29)21(22-17(30)10-14(37-2)11-18(22)31)24-23(19)25(32)27(34)28(35)26(24)33/h3-11H,1-2H3. The third-order valence-corrected chi connectivity index (χ3v) is 6.18. The van der Waals surface area contributed by atoms with Crippen molar-refractivity contribution in [3.05, 3.63) is 95.3 Å². The van der Waals surface area contributed by atoms with Gasteiger partial charge in [-0.05, 0) is 29.1 Å². The first-order valence-corrected chi connectivity index (χ1v) is 10.8.